The van der Waals surface area contributed by atoms with Crippen molar-refractivity contribution in [3.63, 3.8) is 0 Å². The Morgan fingerprint density at radius 1 is 1.00 bits per heavy atom. The van der Waals surface area contributed by atoms with Gasteiger partial charge in [0, 0.05) is 32.1 Å². The second-order valence-corrected chi connectivity index (χ2v) is 7.43. The van der Waals surface area contributed by atoms with Gasteiger partial charge in [-0.25, -0.2) is 0 Å². The average molecular weight is 342 g/mol. The molecule has 25 heavy (non-hydrogen) atoms. The molecule has 5 heteroatoms. The Morgan fingerprint density at radius 2 is 1.68 bits per heavy atom. The number of piperazine rings is 1. The van der Waals surface area contributed by atoms with Crippen LogP contribution in [-0.4, -0.2) is 60.5 Å². The number of carbonyl (C=O) groups excluding carboxylic acids is 2. The largest absolute Gasteiger partial charge is 0.368 e. The van der Waals surface area contributed by atoms with Crippen LogP contribution in [0.3, 0.4) is 0 Å². The van der Waals surface area contributed by atoms with Crippen molar-refractivity contribution in [2.45, 2.75) is 37.7 Å². The third kappa shape index (κ3) is 3.71. The summed E-state index contributed by atoms with van der Waals surface area (Å²) in [6.45, 7) is 2.73. The van der Waals surface area contributed by atoms with Crippen molar-refractivity contribution in [3.8, 4) is 0 Å². The number of benzene rings is 1. The van der Waals surface area contributed by atoms with Crippen LogP contribution in [0.25, 0.3) is 0 Å². The predicted octanol–water partition coefficient (Wildman–Crippen LogP) is 2.03. The van der Waals surface area contributed by atoms with Gasteiger partial charge in [0.15, 0.2) is 0 Å². The van der Waals surface area contributed by atoms with E-state index in [4.69, 9.17) is 4.74 Å². The molecule has 0 radical (unpaired) electrons. The number of ether oxygens (including phenoxy) is 1. The number of amides is 2. The second-order valence-electron chi connectivity index (χ2n) is 7.43. The van der Waals surface area contributed by atoms with E-state index in [0.29, 0.717) is 32.1 Å². The minimum Gasteiger partial charge on any atom is -0.368 e. The van der Waals surface area contributed by atoms with Gasteiger partial charge in [-0.1, -0.05) is 30.3 Å². The van der Waals surface area contributed by atoms with Crippen molar-refractivity contribution >= 4 is 11.8 Å². The summed E-state index contributed by atoms with van der Waals surface area (Å²) in [4.78, 5) is 28.7. The van der Waals surface area contributed by atoms with Crippen LogP contribution in [0, 0.1) is 5.92 Å². The van der Waals surface area contributed by atoms with Gasteiger partial charge < -0.3 is 14.5 Å². The summed E-state index contributed by atoms with van der Waals surface area (Å²) in [7, 11) is 0. The Kier molecular flexibility index (Phi) is 4.75. The van der Waals surface area contributed by atoms with E-state index in [1.807, 2.05) is 28.0 Å². The molecule has 1 aliphatic heterocycles. The lowest BCUT2D eigenvalue weighted by atomic mass is 9.96. The van der Waals surface area contributed by atoms with Crippen molar-refractivity contribution in [2.24, 2.45) is 5.92 Å². The molecule has 0 spiro atoms. The van der Waals surface area contributed by atoms with Gasteiger partial charge in [-0.3, -0.25) is 9.59 Å². The van der Waals surface area contributed by atoms with E-state index < -0.39 is 0 Å². The molecule has 1 aromatic carbocycles. The summed E-state index contributed by atoms with van der Waals surface area (Å²) in [5, 5.41) is 0. The first-order chi connectivity index (χ1) is 12.2. The average Bonchev–Trinajstić information content (AvgIpc) is 3.41. The molecule has 0 unspecified atom stereocenters. The zero-order valence-corrected chi connectivity index (χ0v) is 14.6. The molecule has 1 aromatic rings. The smallest absolute Gasteiger partial charge is 0.248 e. The zero-order chi connectivity index (χ0) is 17.2. The summed E-state index contributed by atoms with van der Waals surface area (Å²) in [5.41, 5.74) is 1.27. The SMILES string of the molecule is O=C(COC1CCC1)N1CCN(C(=O)[C@@H]2C[C@H]2c2ccccc2)CC1. The fourth-order valence-electron chi connectivity index (χ4n) is 3.77. The molecular weight excluding hydrogens is 316 g/mol. The standard InChI is InChI=1S/C20H26N2O3/c23-19(14-25-16-7-4-8-16)21-9-11-22(12-10-21)20(24)18-13-17(18)15-5-2-1-3-6-15/h1-3,5-6,16-18H,4,7-14H2/t17-,18+/m0/s1. The molecular formula is C20H26N2O3. The monoisotopic (exact) mass is 342 g/mol. The normalized spacial score (nSPS) is 26.2. The van der Waals surface area contributed by atoms with Crippen molar-refractivity contribution in [1.29, 1.82) is 0 Å². The van der Waals surface area contributed by atoms with E-state index in [2.05, 4.69) is 12.1 Å². The molecule has 0 N–H and O–H groups in total. The topological polar surface area (TPSA) is 49.9 Å². The van der Waals surface area contributed by atoms with Crippen molar-refractivity contribution in [1.82, 2.24) is 9.80 Å². The van der Waals surface area contributed by atoms with Crippen LogP contribution in [0.2, 0.25) is 0 Å². The Morgan fingerprint density at radius 3 is 2.32 bits per heavy atom. The third-order valence-electron chi connectivity index (χ3n) is 5.77. The van der Waals surface area contributed by atoms with Crippen LogP contribution in [0.4, 0.5) is 0 Å². The Hall–Kier alpha value is -1.88. The highest BCUT2D eigenvalue weighted by Gasteiger charge is 2.46. The maximum atomic E-state index is 12.7. The highest BCUT2D eigenvalue weighted by atomic mass is 16.5. The molecule has 2 aliphatic carbocycles. The predicted molar refractivity (Wildman–Crippen MR) is 94.0 cm³/mol. The molecule has 2 saturated carbocycles. The molecule has 134 valence electrons. The van der Waals surface area contributed by atoms with Gasteiger partial charge in [0.25, 0.3) is 0 Å². The van der Waals surface area contributed by atoms with Crippen LogP contribution < -0.4 is 0 Å². The number of hydrogen-bond acceptors (Lipinski definition) is 3. The summed E-state index contributed by atoms with van der Waals surface area (Å²) in [6, 6.07) is 10.3. The fraction of sp³-hybridized carbons (Fsp3) is 0.600. The van der Waals surface area contributed by atoms with Crippen LogP contribution in [-0.2, 0) is 14.3 Å². The minimum atomic E-state index is 0.0626. The first-order valence-corrected chi connectivity index (χ1v) is 9.45. The summed E-state index contributed by atoms with van der Waals surface area (Å²) in [6.07, 6.45) is 4.62. The molecule has 3 aliphatic rings. The highest BCUT2D eigenvalue weighted by Crippen LogP contribution is 2.48. The van der Waals surface area contributed by atoms with Crippen LogP contribution in [0.15, 0.2) is 30.3 Å². The van der Waals surface area contributed by atoms with Gasteiger partial charge in [0.2, 0.25) is 11.8 Å². The Balaban J connectivity index is 1.22. The Bertz CT molecular complexity index is 621. The summed E-state index contributed by atoms with van der Waals surface area (Å²) < 4.78 is 5.61. The second kappa shape index (κ2) is 7.16. The number of carbonyl (C=O) groups is 2. The van der Waals surface area contributed by atoms with Gasteiger partial charge in [-0.05, 0) is 37.2 Å². The van der Waals surface area contributed by atoms with Crippen molar-refractivity contribution in [3.05, 3.63) is 35.9 Å². The third-order valence-corrected chi connectivity index (χ3v) is 5.77. The van der Waals surface area contributed by atoms with Gasteiger partial charge in [-0.15, -0.1) is 0 Å². The number of nitrogens with zero attached hydrogens (tertiary/aromatic N) is 2. The van der Waals surface area contributed by atoms with Crippen molar-refractivity contribution < 1.29 is 14.3 Å². The molecule has 0 bridgehead atoms. The molecule has 4 rings (SSSR count). The summed E-state index contributed by atoms with van der Waals surface area (Å²) >= 11 is 0. The molecule has 1 saturated heterocycles. The molecule has 0 aromatic heterocycles. The number of rotatable bonds is 5. The molecule has 5 nitrogen and oxygen atoms in total. The molecule has 2 amide bonds. The van der Waals surface area contributed by atoms with Crippen LogP contribution in [0.1, 0.15) is 37.2 Å². The van der Waals surface area contributed by atoms with E-state index in [9.17, 15) is 9.59 Å². The highest BCUT2D eigenvalue weighted by molar-refractivity contribution is 5.83. The number of hydrogen-bond donors (Lipinski definition) is 0. The quantitative estimate of drug-likeness (QED) is 0.823. The molecule has 2 atom stereocenters. The Labute approximate surface area is 148 Å². The lowest BCUT2D eigenvalue weighted by Gasteiger charge is -2.35. The van der Waals surface area contributed by atoms with E-state index in [0.717, 1.165) is 19.3 Å². The maximum Gasteiger partial charge on any atom is 0.248 e. The van der Waals surface area contributed by atoms with Gasteiger partial charge in [0.05, 0.1) is 6.10 Å². The van der Waals surface area contributed by atoms with Gasteiger partial charge in [-0.2, -0.15) is 0 Å². The fourth-order valence-corrected chi connectivity index (χ4v) is 3.77. The lowest BCUT2D eigenvalue weighted by Crippen LogP contribution is -2.52. The van der Waals surface area contributed by atoms with Crippen LogP contribution in [0.5, 0.6) is 0 Å². The van der Waals surface area contributed by atoms with E-state index in [1.54, 1.807) is 0 Å². The molecule has 3 fully saturated rings. The van der Waals surface area contributed by atoms with E-state index in [1.165, 1.54) is 12.0 Å². The lowest BCUT2D eigenvalue weighted by molar-refractivity contribution is -0.145. The summed E-state index contributed by atoms with van der Waals surface area (Å²) in [5.74, 6) is 0.829. The van der Waals surface area contributed by atoms with E-state index >= 15 is 0 Å². The zero-order valence-electron chi connectivity index (χ0n) is 14.6. The van der Waals surface area contributed by atoms with Gasteiger partial charge in [0.1, 0.15) is 6.61 Å². The van der Waals surface area contributed by atoms with Crippen LogP contribution >= 0.6 is 0 Å². The minimum absolute atomic E-state index is 0.0626. The first-order valence-electron chi connectivity index (χ1n) is 9.45. The van der Waals surface area contributed by atoms with Crippen molar-refractivity contribution in [2.75, 3.05) is 32.8 Å². The maximum absolute atomic E-state index is 12.7. The van der Waals surface area contributed by atoms with E-state index in [-0.39, 0.29) is 30.4 Å². The first kappa shape index (κ1) is 16.6. The van der Waals surface area contributed by atoms with Gasteiger partial charge >= 0.3 is 0 Å². The molecule has 1 heterocycles.